The highest BCUT2D eigenvalue weighted by molar-refractivity contribution is 5.79. The van der Waals surface area contributed by atoms with Crippen LogP contribution in [0.25, 0.3) is 0 Å². The van der Waals surface area contributed by atoms with E-state index < -0.39 is 5.79 Å². The molecule has 0 radical (unpaired) electrons. The van der Waals surface area contributed by atoms with Gasteiger partial charge in [-0.3, -0.25) is 0 Å². The Morgan fingerprint density at radius 1 is 1.14 bits per heavy atom. The zero-order valence-electron chi connectivity index (χ0n) is 13.8. The van der Waals surface area contributed by atoms with Gasteiger partial charge in [-0.15, -0.1) is 0 Å². The van der Waals surface area contributed by atoms with Crippen LogP contribution in [0.1, 0.15) is 78.6 Å². The minimum absolute atomic E-state index is 0.330. The monoisotopic (exact) mass is 298 g/mol. The van der Waals surface area contributed by atoms with Gasteiger partial charge in [-0.05, 0) is 37.0 Å². The Hall–Kier alpha value is -0.610. The van der Waals surface area contributed by atoms with Crippen LogP contribution in [0.3, 0.4) is 0 Å². The summed E-state index contributed by atoms with van der Waals surface area (Å²) in [5, 5.41) is 0. The molecule has 1 saturated heterocycles. The molecule has 2 fully saturated rings. The fourth-order valence-corrected chi connectivity index (χ4v) is 2.97. The third-order valence-electron chi connectivity index (χ3n) is 4.45. The summed E-state index contributed by atoms with van der Waals surface area (Å²) in [7, 11) is 0. The van der Waals surface area contributed by atoms with Crippen LogP contribution in [0, 0.1) is 11.3 Å². The number of rotatable bonds is 7. The lowest BCUT2D eigenvalue weighted by Gasteiger charge is -2.21. The van der Waals surface area contributed by atoms with Crippen LogP contribution < -0.4 is 0 Å². The number of carbonyl (C=O) groups excluding carboxylic acids is 1. The maximum Gasteiger partial charge on any atom is 0.372 e. The van der Waals surface area contributed by atoms with Crippen LogP contribution in [0.5, 0.6) is 0 Å². The van der Waals surface area contributed by atoms with E-state index in [2.05, 4.69) is 20.8 Å². The summed E-state index contributed by atoms with van der Waals surface area (Å²) in [5.41, 5.74) is 0.333. The smallest absolute Gasteiger partial charge is 0.372 e. The zero-order valence-corrected chi connectivity index (χ0v) is 13.8. The molecule has 2 rings (SSSR count). The van der Waals surface area contributed by atoms with Crippen molar-refractivity contribution in [3.8, 4) is 0 Å². The van der Waals surface area contributed by atoms with E-state index in [4.69, 9.17) is 14.5 Å². The second kappa shape index (κ2) is 7.10. The highest BCUT2D eigenvalue weighted by atomic mass is 17.4. The van der Waals surface area contributed by atoms with Crippen LogP contribution in [-0.4, -0.2) is 18.4 Å². The average Bonchev–Trinajstić information content (AvgIpc) is 3.22. The van der Waals surface area contributed by atoms with Gasteiger partial charge < -0.3 is 4.74 Å². The lowest BCUT2D eigenvalue weighted by atomic mass is 9.89. The summed E-state index contributed by atoms with van der Waals surface area (Å²) in [6.45, 7) is 7.21. The zero-order chi connectivity index (χ0) is 15.3. The first-order valence-electron chi connectivity index (χ1n) is 8.45. The van der Waals surface area contributed by atoms with E-state index in [1.54, 1.807) is 0 Å². The SMILES string of the molecule is CC(C)(C)CCCCC1(C(=O)OCC2CCCCC2)OO1. The van der Waals surface area contributed by atoms with Gasteiger partial charge in [0.15, 0.2) is 0 Å². The topological polar surface area (TPSA) is 51.4 Å². The van der Waals surface area contributed by atoms with E-state index in [1.165, 1.54) is 32.1 Å². The minimum Gasteiger partial charge on any atom is -0.461 e. The predicted octanol–water partition coefficient (Wildman–Crippen LogP) is 4.37. The summed E-state index contributed by atoms with van der Waals surface area (Å²) in [5.74, 6) is -0.879. The molecule has 0 N–H and O–H groups in total. The van der Waals surface area contributed by atoms with Crippen molar-refractivity contribution in [1.29, 1.82) is 0 Å². The first-order chi connectivity index (χ1) is 9.91. The average molecular weight is 298 g/mol. The van der Waals surface area contributed by atoms with Gasteiger partial charge in [0, 0.05) is 6.42 Å². The molecule has 1 saturated carbocycles. The molecule has 1 aliphatic heterocycles. The molecule has 0 atom stereocenters. The summed E-state index contributed by atoms with van der Waals surface area (Å²) >= 11 is 0. The van der Waals surface area contributed by atoms with Gasteiger partial charge in [0.2, 0.25) is 0 Å². The number of ether oxygens (including phenoxy) is 1. The fraction of sp³-hybridized carbons (Fsp3) is 0.941. The van der Waals surface area contributed by atoms with Crippen molar-refractivity contribution in [2.24, 2.45) is 11.3 Å². The fourth-order valence-electron chi connectivity index (χ4n) is 2.97. The van der Waals surface area contributed by atoms with Gasteiger partial charge in [0.05, 0.1) is 6.61 Å². The Labute approximate surface area is 128 Å². The van der Waals surface area contributed by atoms with Crippen LogP contribution in [0.4, 0.5) is 0 Å². The van der Waals surface area contributed by atoms with Crippen molar-refractivity contribution in [2.75, 3.05) is 6.61 Å². The molecule has 1 aliphatic carbocycles. The molecule has 0 bridgehead atoms. The lowest BCUT2D eigenvalue weighted by molar-refractivity contribution is -0.153. The highest BCUT2D eigenvalue weighted by Gasteiger charge is 2.57. The van der Waals surface area contributed by atoms with Crippen molar-refractivity contribution in [3.05, 3.63) is 0 Å². The second-order valence-electron chi connectivity index (χ2n) is 7.79. The molecular weight excluding hydrogens is 268 g/mol. The van der Waals surface area contributed by atoms with Crippen LogP contribution in [0.15, 0.2) is 0 Å². The Morgan fingerprint density at radius 2 is 1.81 bits per heavy atom. The number of carbonyl (C=O) groups is 1. The molecule has 1 heterocycles. The summed E-state index contributed by atoms with van der Waals surface area (Å²) < 4.78 is 5.42. The maximum absolute atomic E-state index is 12.1. The molecule has 21 heavy (non-hydrogen) atoms. The van der Waals surface area contributed by atoms with Gasteiger partial charge in [-0.1, -0.05) is 46.5 Å². The number of hydrogen-bond acceptors (Lipinski definition) is 4. The van der Waals surface area contributed by atoms with Gasteiger partial charge in [-0.2, -0.15) is 9.78 Å². The Bertz CT molecular complexity index is 335. The van der Waals surface area contributed by atoms with Crippen molar-refractivity contribution in [1.82, 2.24) is 0 Å². The standard InChI is InChI=1S/C17H30O4/c1-16(2,3)11-7-8-12-17(20-21-17)15(18)19-13-14-9-5-4-6-10-14/h14H,4-13H2,1-3H3. The molecule has 0 unspecified atom stereocenters. The first-order valence-corrected chi connectivity index (χ1v) is 8.45. The van der Waals surface area contributed by atoms with E-state index in [0.29, 0.717) is 24.4 Å². The molecule has 0 aromatic rings. The van der Waals surface area contributed by atoms with Crippen LogP contribution >= 0.6 is 0 Å². The van der Waals surface area contributed by atoms with E-state index >= 15 is 0 Å². The molecular formula is C17H30O4. The van der Waals surface area contributed by atoms with Crippen molar-refractivity contribution in [3.63, 3.8) is 0 Å². The van der Waals surface area contributed by atoms with E-state index in [1.807, 2.05) is 0 Å². The summed E-state index contributed by atoms with van der Waals surface area (Å²) in [4.78, 5) is 22.0. The summed E-state index contributed by atoms with van der Waals surface area (Å²) in [6, 6.07) is 0. The summed E-state index contributed by atoms with van der Waals surface area (Å²) in [6.07, 6.45) is 9.92. The molecule has 122 valence electrons. The van der Waals surface area contributed by atoms with Crippen molar-refractivity contribution >= 4 is 5.97 Å². The van der Waals surface area contributed by atoms with E-state index in [-0.39, 0.29) is 5.97 Å². The highest BCUT2D eigenvalue weighted by Crippen LogP contribution is 2.37. The molecule has 0 spiro atoms. The Morgan fingerprint density at radius 3 is 2.38 bits per heavy atom. The normalized spacial score (nSPS) is 22.0. The third kappa shape index (κ3) is 5.59. The van der Waals surface area contributed by atoms with Gasteiger partial charge in [-0.25, -0.2) is 4.79 Å². The quantitative estimate of drug-likeness (QED) is 0.303. The Balaban J connectivity index is 1.64. The van der Waals surface area contributed by atoms with E-state index in [9.17, 15) is 4.79 Å². The molecule has 0 aromatic heterocycles. The van der Waals surface area contributed by atoms with Crippen molar-refractivity contribution in [2.45, 2.75) is 84.3 Å². The second-order valence-corrected chi connectivity index (χ2v) is 7.79. The predicted molar refractivity (Wildman–Crippen MR) is 80.4 cm³/mol. The Kier molecular flexibility index (Phi) is 5.67. The number of unbranched alkanes of at least 4 members (excludes halogenated alkanes) is 1. The van der Waals surface area contributed by atoms with Crippen LogP contribution in [-0.2, 0) is 19.3 Å². The number of esters is 1. The largest absolute Gasteiger partial charge is 0.461 e. The molecule has 0 aromatic carbocycles. The maximum atomic E-state index is 12.1. The first kappa shape index (κ1) is 16.8. The lowest BCUT2D eigenvalue weighted by Crippen LogP contribution is -2.29. The molecule has 2 aliphatic rings. The van der Waals surface area contributed by atoms with Gasteiger partial charge in [0.1, 0.15) is 0 Å². The van der Waals surface area contributed by atoms with Crippen molar-refractivity contribution < 1.29 is 19.3 Å². The molecule has 4 nitrogen and oxygen atoms in total. The minimum atomic E-state index is -1.08. The molecule has 0 amide bonds. The van der Waals surface area contributed by atoms with Gasteiger partial charge in [0.25, 0.3) is 0 Å². The van der Waals surface area contributed by atoms with Crippen LogP contribution in [0.2, 0.25) is 0 Å². The number of hydrogen-bond donors (Lipinski definition) is 0. The van der Waals surface area contributed by atoms with Gasteiger partial charge >= 0.3 is 11.8 Å². The molecule has 4 heteroatoms. The van der Waals surface area contributed by atoms with E-state index in [0.717, 1.165) is 19.3 Å². The third-order valence-corrected chi connectivity index (χ3v) is 4.45.